The number of nitrogens with one attached hydrogen (secondary N) is 1. The summed E-state index contributed by atoms with van der Waals surface area (Å²) >= 11 is 0. The van der Waals surface area contributed by atoms with Gasteiger partial charge >= 0.3 is 5.97 Å². The lowest BCUT2D eigenvalue weighted by Crippen LogP contribution is -2.30. The van der Waals surface area contributed by atoms with Gasteiger partial charge in [-0.05, 0) is 27.2 Å². The smallest absolute Gasteiger partial charge is 0.317 e. The van der Waals surface area contributed by atoms with Crippen LogP contribution in [-0.4, -0.2) is 35.8 Å². The monoisotopic (exact) mass is 216 g/mol. The molecule has 0 heterocycles. The van der Waals surface area contributed by atoms with Crippen LogP contribution in [0.15, 0.2) is 4.99 Å². The molecule has 88 valence electrons. The summed E-state index contributed by atoms with van der Waals surface area (Å²) in [5.74, 6) is -0.796. The quantitative estimate of drug-likeness (QED) is 0.534. The zero-order valence-electron chi connectivity index (χ0n) is 9.78. The van der Waals surface area contributed by atoms with Crippen LogP contribution in [0.3, 0.4) is 0 Å². The molecule has 5 nitrogen and oxygen atoms in total. The Labute approximate surface area is 90.6 Å². The van der Waals surface area contributed by atoms with Gasteiger partial charge in [-0.15, -0.1) is 0 Å². The maximum atomic E-state index is 9.96. The van der Waals surface area contributed by atoms with Crippen LogP contribution in [0.4, 0.5) is 0 Å². The van der Waals surface area contributed by atoms with Crippen LogP contribution in [0.5, 0.6) is 0 Å². The van der Waals surface area contributed by atoms with Crippen molar-refractivity contribution >= 4 is 12.0 Å². The van der Waals surface area contributed by atoms with E-state index in [1.807, 2.05) is 27.7 Å². The summed E-state index contributed by atoms with van der Waals surface area (Å²) in [4.78, 5) is 22.6. The first kappa shape index (κ1) is 16.2. The molecule has 0 aromatic heterocycles. The summed E-state index contributed by atoms with van der Waals surface area (Å²) < 4.78 is 0. The van der Waals surface area contributed by atoms with Gasteiger partial charge in [-0.2, -0.15) is 0 Å². The molecule has 1 unspecified atom stereocenters. The van der Waals surface area contributed by atoms with Gasteiger partial charge in [0.05, 0.1) is 12.6 Å². The van der Waals surface area contributed by atoms with Crippen LogP contribution in [0.25, 0.3) is 0 Å². The van der Waals surface area contributed by atoms with E-state index in [1.54, 1.807) is 0 Å². The lowest BCUT2D eigenvalue weighted by molar-refractivity contribution is -0.136. The van der Waals surface area contributed by atoms with Crippen molar-refractivity contribution in [1.82, 2.24) is 5.32 Å². The molecule has 5 heteroatoms. The second-order valence-corrected chi connectivity index (χ2v) is 3.40. The van der Waals surface area contributed by atoms with E-state index in [0.717, 1.165) is 6.42 Å². The SMILES string of the molecule is CC(C)N=C=O.CCC(C)NCC(=O)O. The fraction of sp³-hybridized carbons (Fsp3) is 0.800. The van der Waals surface area contributed by atoms with Crippen molar-refractivity contribution in [3.63, 3.8) is 0 Å². The summed E-state index contributed by atoms with van der Waals surface area (Å²) in [6.45, 7) is 7.69. The highest BCUT2D eigenvalue weighted by atomic mass is 16.4. The van der Waals surface area contributed by atoms with E-state index < -0.39 is 5.97 Å². The minimum atomic E-state index is -0.796. The molecule has 0 spiro atoms. The maximum Gasteiger partial charge on any atom is 0.317 e. The Morgan fingerprint density at radius 3 is 2.20 bits per heavy atom. The van der Waals surface area contributed by atoms with Crippen molar-refractivity contribution in [2.45, 2.75) is 46.2 Å². The van der Waals surface area contributed by atoms with Gasteiger partial charge in [-0.1, -0.05) is 6.92 Å². The van der Waals surface area contributed by atoms with E-state index in [1.165, 1.54) is 6.08 Å². The van der Waals surface area contributed by atoms with Gasteiger partial charge in [0.25, 0.3) is 0 Å². The molecule has 1 atom stereocenters. The Hall–Kier alpha value is -1.19. The number of hydrogen-bond acceptors (Lipinski definition) is 4. The molecule has 0 saturated carbocycles. The molecular weight excluding hydrogens is 196 g/mol. The number of carboxylic acid groups (broad SMARTS) is 1. The average Bonchev–Trinajstić information content (AvgIpc) is 2.14. The van der Waals surface area contributed by atoms with E-state index in [9.17, 15) is 9.59 Å². The van der Waals surface area contributed by atoms with Gasteiger partial charge in [0.2, 0.25) is 6.08 Å². The molecule has 0 radical (unpaired) electrons. The van der Waals surface area contributed by atoms with Crippen LogP contribution in [0, 0.1) is 0 Å². The Kier molecular flexibility index (Phi) is 11.8. The zero-order valence-corrected chi connectivity index (χ0v) is 9.78. The Morgan fingerprint density at radius 1 is 1.47 bits per heavy atom. The lowest BCUT2D eigenvalue weighted by Gasteiger charge is -2.07. The largest absolute Gasteiger partial charge is 0.480 e. The van der Waals surface area contributed by atoms with Crippen molar-refractivity contribution in [3.8, 4) is 0 Å². The predicted molar refractivity (Wildman–Crippen MR) is 58.6 cm³/mol. The number of carboxylic acids is 1. The minimum absolute atomic E-state index is 0.0645. The second-order valence-electron chi connectivity index (χ2n) is 3.40. The predicted octanol–water partition coefficient (Wildman–Crippen LogP) is 1.19. The fourth-order valence-electron chi connectivity index (χ4n) is 0.511. The van der Waals surface area contributed by atoms with Gasteiger partial charge in [-0.3, -0.25) is 4.79 Å². The number of isocyanates is 1. The van der Waals surface area contributed by atoms with Crippen molar-refractivity contribution in [2.75, 3.05) is 6.54 Å². The number of aliphatic imine (C=N–C) groups is 1. The third-order valence-corrected chi connectivity index (χ3v) is 1.53. The Bertz CT molecular complexity index is 211. The molecule has 0 fully saturated rings. The highest BCUT2D eigenvalue weighted by molar-refractivity contribution is 5.69. The van der Waals surface area contributed by atoms with Gasteiger partial charge in [0.15, 0.2) is 0 Å². The first-order chi connectivity index (χ1) is 6.93. The molecule has 0 saturated heterocycles. The summed E-state index contributed by atoms with van der Waals surface area (Å²) in [6.07, 6.45) is 2.41. The number of rotatable bonds is 5. The number of carbonyl (C=O) groups is 1. The van der Waals surface area contributed by atoms with Gasteiger partial charge in [-0.25, -0.2) is 9.79 Å². The van der Waals surface area contributed by atoms with Crippen LogP contribution < -0.4 is 5.32 Å². The molecule has 0 aromatic carbocycles. The van der Waals surface area contributed by atoms with E-state index in [4.69, 9.17) is 5.11 Å². The molecule has 15 heavy (non-hydrogen) atoms. The van der Waals surface area contributed by atoms with E-state index >= 15 is 0 Å². The van der Waals surface area contributed by atoms with E-state index in [2.05, 4.69) is 10.3 Å². The maximum absolute atomic E-state index is 9.96. The van der Waals surface area contributed by atoms with Crippen LogP contribution in [0.2, 0.25) is 0 Å². The van der Waals surface area contributed by atoms with Crippen molar-refractivity contribution in [1.29, 1.82) is 0 Å². The average molecular weight is 216 g/mol. The first-order valence-electron chi connectivity index (χ1n) is 4.96. The minimum Gasteiger partial charge on any atom is -0.480 e. The number of carbonyl (C=O) groups excluding carboxylic acids is 1. The summed E-state index contributed by atoms with van der Waals surface area (Å²) in [5, 5.41) is 11.0. The number of hydrogen-bond donors (Lipinski definition) is 2. The molecule has 0 rings (SSSR count). The van der Waals surface area contributed by atoms with Crippen molar-refractivity contribution < 1.29 is 14.7 Å². The molecule has 0 aliphatic rings. The number of nitrogens with zero attached hydrogens (tertiary/aromatic N) is 1. The van der Waals surface area contributed by atoms with Crippen molar-refractivity contribution in [2.24, 2.45) is 4.99 Å². The van der Waals surface area contributed by atoms with Crippen LogP contribution in [0.1, 0.15) is 34.1 Å². The normalized spacial score (nSPS) is 11.0. The molecule has 2 N–H and O–H groups in total. The third kappa shape index (κ3) is 19.3. The summed E-state index contributed by atoms with van der Waals surface area (Å²) in [7, 11) is 0. The van der Waals surface area contributed by atoms with Crippen LogP contribution >= 0.6 is 0 Å². The van der Waals surface area contributed by atoms with Gasteiger partial charge < -0.3 is 10.4 Å². The topological polar surface area (TPSA) is 78.8 Å². The molecule has 0 aliphatic heterocycles. The number of aliphatic carboxylic acids is 1. The van der Waals surface area contributed by atoms with Gasteiger partial charge in [0, 0.05) is 6.04 Å². The Morgan fingerprint density at radius 2 is 2.00 bits per heavy atom. The second kappa shape index (κ2) is 10.9. The van der Waals surface area contributed by atoms with Crippen LogP contribution in [-0.2, 0) is 9.59 Å². The molecule has 0 amide bonds. The van der Waals surface area contributed by atoms with E-state index in [0.29, 0.717) is 6.04 Å². The standard InChI is InChI=1S/C6H13NO2.C4H7NO/c1-3-5(2)7-4-6(8)9;1-4(2)5-3-6/h5,7H,3-4H2,1-2H3,(H,8,9);4H,1-2H3. The Balaban J connectivity index is 0. The van der Waals surface area contributed by atoms with Crippen molar-refractivity contribution in [3.05, 3.63) is 0 Å². The molecule has 0 aliphatic carbocycles. The highest BCUT2D eigenvalue weighted by Crippen LogP contribution is 1.85. The summed E-state index contributed by atoms with van der Waals surface area (Å²) in [5.41, 5.74) is 0. The van der Waals surface area contributed by atoms with Gasteiger partial charge in [0.1, 0.15) is 0 Å². The lowest BCUT2D eigenvalue weighted by atomic mass is 10.3. The summed E-state index contributed by atoms with van der Waals surface area (Å²) in [6, 6.07) is 0.406. The highest BCUT2D eigenvalue weighted by Gasteiger charge is 1.99. The third-order valence-electron chi connectivity index (χ3n) is 1.53. The fourth-order valence-corrected chi connectivity index (χ4v) is 0.511. The first-order valence-corrected chi connectivity index (χ1v) is 4.96. The molecular formula is C10H20N2O3. The van der Waals surface area contributed by atoms with E-state index in [-0.39, 0.29) is 12.6 Å². The molecule has 0 aromatic rings. The molecule has 0 bridgehead atoms. The zero-order chi connectivity index (χ0) is 12.3.